The highest BCUT2D eigenvalue weighted by Gasteiger charge is 2.19. The van der Waals surface area contributed by atoms with Crippen LogP contribution in [0.4, 0.5) is 0 Å². The molecule has 2 amide bonds. The molecule has 6 heteroatoms. The first-order valence-electron chi connectivity index (χ1n) is 9.67. The fourth-order valence-electron chi connectivity index (χ4n) is 3.30. The minimum Gasteiger partial charge on any atom is -0.497 e. The standard InChI is InChI=1S/C23H26N2O4/c1-28-20-9-10-21(29-2)18(15-20)8-11-22(26)24-16-17-6-5-7-19(14-17)23(27)25-12-3-4-13-25/h5-11,14-15H,3-4,12-13,16H2,1-2H3,(H,24,26). The number of nitrogens with one attached hydrogen (secondary N) is 1. The van der Waals surface area contributed by atoms with Crippen LogP contribution < -0.4 is 14.8 Å². The van der Waals surface area contributed by atoms with E-state index in [0.717, 1.165) is 37.1 Å². The first kappa shape index (κ1) is 20.5. The van der Waals surface area contributed by atoms with Crippen molar-refractivity contribution in [3.05, 3.63) is 65.2 Å². The lowest BCUT2D eigenvalue weighted by Gasteiger charge is -2.15. The molecule has 6 nitrogen and oxygen atoms in total. The average Bonchev–Trinajstić information content (AvgIpc) is 3.30. The topological polar surface area (TPSA) is 67.9 Å². The number of hydrogen-bond acceptors (Lipinski definition) is 4. The second-order valence-corrected chi connectivity index (χ2v) is 6.86. The Balaban J connectivity index is 1.60. The Bertz CT molecular complexity index is 902. The van der Waals surface area contributed by atoms with Gasteiger partial charge in [-0.3, -0.25) is 9.59 Å². The van der Waals surface area contributed by atoms with Crippen molar-refractivity contribution in [1.82, 2.24) is 10.2 Å². The molecule has 0 aliphatic carbocycles. The van der Waals surface area contributed by atoms with E-state index in [-0.39, 0.29) is 11.8 Å². The Hall–Kier alpha value is -3.28. The first-order chi connectivity index (χ1) is 14.1. The fraction of sp³-hybridized carbons (Fsp3) is 0.304. The zero-order chi connectivity index (χ0) is 20.6. The van der Waals surface area contributed by atoms with E-state index < -0.39 is 0 Å². The van der Waals surface area contributed by atoms with Crippen molar-refractivity contribution in [2.75, 3.05) is 27.3 Å². The van der Waals surface area contributed by atoms with E-state index >= 15 is 0 Å². The number of ether oxygens (including phenoxy) is 2. The molecule has 1 N–H and O–H groups in total. The largest absolute Gasteiger partial charge is 0.497 e. The van der Waals surface area contributed by atoms with E-state index in [1.54, 1.807) is 38.5 Å². The molecule has 0 aromatic heterocycles. The quantitative estimate of drug-likeness (QED) is 0.732. The highest BCUT2D eigenvalue weighted by Crippen LogP contribution is 2.25. The number of hydrogen-bond donors (Lipinski definition) is 1. The molecule has 1 saturated heterocycles. The normalized spacial score (nSPS) is 13.5. The number of nitrogens with zero attached hydrogens (tertiary/aromatic N) is 1. The molecule has 0 bridgehead atoms. The van der Waals surface area contributed by atoms with Crippen molar-refractivity contribution in [1.29, 1.82) is 0 Å². The summed E-state index contributed by atoms with van der Waals surface area (Å²) in [5.41, 5.74) is 2.30. The molecule has 0 spiro atoms. The van der Waals surface area contributed by atoms with Crippen molar-refractivity contribution in [2.45, 2.75) is 19.4 Å². The Kier molecular flexibility index (Phi) is 6.89. The van der Waals surface area contributed by atoms with Crippen molar-refractivity contribution in [2.24, 2.45) is 0 Å². The van der Waals surface area contributed by atoms with E-state index in [4.69, 9.17) is 9.47 Å². The van der Waals surface area contributed by atoms with Gasteiger partial charge in [-0.2, -0.15) is 0 Å². The summed E-state index contributed by atoms with van der Waals surface area (Å²) in [6, 6.07) is 12.8. The minimum absolute atomic E-state index is 0.0562. The van der Waals surface area contributed by atoms with Crippen LogP contribution in [0.3, 0.4) is 0 Å². The number of rotatable bonds is 7. The molecule has 152 valence electrons. The molecule has 29 heavy (non-hydrogen) atoms. The van der Waals surface area contributed by atoms with Crippen LogP contribution in [0.2, 0.25) is 0 Å². The second-order valence-electron chi connectivity index (χ2n) is 6.86. The molecule has 0 saturated carbocycles. The summed E-state index contributed by atoms with van der Waals surface area (Å²) in [5, 5.41) is 2.85. The molecule has 0 unspecified atom stereocenters. The first-order valence-corrected chi connectivity index (χ1v) is 9.67. The van der Waals surface area contributed by atoms with E-state index in [1.807, 2.05) is 29.2 Å². The fourth-order valence-corrected chi connectivity index (χ4v) is 3.30. The molecular weight excluding hydrogens is 368 g/mol. The Labute approximate surface area is 171 Å². The SMILES string of the molecule is COc1ccc(OC)c(C=CC(=O)NCc2cccc(C(=O)N3CCCC3)c2)c1. The number of benzene rings is 2. The van der Waals surface area contributed by atoms with Gasteiger partial charge < -0.3 is 19.7 Å². The van der Waals surface area contributed by atoms with Crippen LogP contribution in [0.5, 0.6) is 11.5 Å². The molecule has 1 aliphatic heterocycles. The molecule has 0 atom stereocenters. The summed E-state index contributed by atoms with van der Waals surface area (Å²) in [4.78, 5) is 26.6. The number of methoxy groups -OCH3 is 2. The van der Waals surface area contributed by atoms with E-state index in [9.17, 15) is 9.59 Å². The predicted molar refractivity (Wildman–Crippen MR) is 112 cm³/mol. The van der Waals surface area contributed by atoms with Gasteiger partial charge in [-0.15, -0.1) is 0 Å². The van der Waals surface area contributed by atoms with E-state index in [1.165, 1.54) is 6.08 Å². The lowest BCUT2D eigenvalue weighted by Crippen LogP contribution is -2.27. The molecule has 1 heterocycles. The van der Waals surface area contributed by atoms with Gasteiger partial charge in [0, 0.05) is 36.8 Å². The van der Waals surface area contributed by atoms with Crippen molar-refractivity contribution >= 4 is 17.9 Å². The van der Waals surface area contributed by atoms with Crippen molar-refractivity contribution < 1.29 is 19.1 Å². The van der Waals surface area contributed by atoms with Gasteiger partial charge in [0.2, 0.25) is 5.91 Å². The smallest absolute Gasteiger partial charge is 0.253 e. The molecule has 2 aromatic carbocycles. The number of likely N-dealkylation sites (tertiary alicyclic amines) is 1. The summed E-state index contributed by atoms with van der Waals surface area (Å²) in [6.07, 6.45) is 5.26. The van der Waals surface area contributed by atoms with Crippen LogP contribution in [-0.4, -0.2) is 44.0 Å². The maximum absolute atomic E-state index is 12.5. The van der Waals surface area contributed by atoms with Gasteiger partial charge in [0.15, 0.2) is 0 Å². The Morgan fingerprint density at radius 1 is 1.07 bits per heavy atom. The van der Waals surface area contributed by atoms with E-state index in [0.29, 0.717) is 23.6 Å². The predicted octanol–water partition coefficient (Wildman–Crippen LogP) is 3.27. The van der Waals surface area contributed by atoms with Crippen LogP contribution >= 0.6 is 0 Å². The summed E-state index contributed by atoms with van der Waals surface area (Å²) in [7, 11) is 3.17. The van der Waals surface area contributed by atoms with Gasteiger partial charge in [0.05, 0.1) is 14.2 Å². The van der Waals surface area contributed by atoms with Gasteiger partial charge in [0.25, 0.3) is 5.91 Å². The lowest BCUT2D eigenvalue weighted by atomic mass is 10.1. The molecule has 1 fully saturated rings. The average molecular weight is 394 g/mol. The summed E-state index contributed by atoms with van der Waals surface area (Å²) < 4.78 is 10.5. The van der Waals surface area contributed by atoms with Gasteiger partial charge in [-0.1, -0.05) is 12.1 Å². The second kappa shape index (κ2) is 9.78. The summed E-state index contributed by atoms with van der Waals surface area (Å²) in [5.74, 6) is 1.17. The molecular formula is C23H26N2O4. The number of amides is 2. The monoisotopic (exact) mass is 394 g/mol. The maximum atomic E-state index is 12.5. The van der Waals surface area contributed by atoms with Gasteiger partial charge in [-0.25, -0.2) is 0 Å². The van der Waals surface area contributed by atoms with Gasteiger partial charge >= 0.3 is 0 Å². The number of carbonyl (C=O) groups excluding carboxylic acids is 2. The van der Waals surface area contributed by atoms with Crippen LogP contribution in [0.1, 0.15) is 34.3 Å². The van der Waals surface area contributed by atoms with E-state index in [2.05, 4.69) is 5.32 Å². The Morgan fingerprint density at radius 3 is 2.59 bits per heavy atom. The van der Waals surface area contributed by atoms with Crippen LogP contribution in [0.25, 0.3) is 6.08 Å². The molecule has 1 aliphatic rings. The third-order valence-corrected chi connectivity index (χ3v) is 4.89. The van der Waals surface area contributed by atoms with Crippen molar-refractivity contribution in [3.63, 3.8) is 0 Å². The highest BCUT2D eigenvalue weighted by molar-refractivity contribution is 5.95. The van der Waals surface area contributed by atoms with Crippen LogP contribution in [-0.2, 0) is 11.3 Å². The van der Waals surface area contributed by atoms with Gasteiger partial charge in [-0.05, 0) is 54.8 Å². The summed E-state index contributed by atoms with van der Waals surface area (Å²) in [6.45, 7) is 1.98. The van der Waals surface area contributed by atoms with Crippen LogP contribution in [0.15, 0.2) is 48.5 Å². The third kappa shape index (κ3) is 5.38. The molecule has 0 radical (unpaired) electrons. The maximum Gasteiger partial charge on any atom is 0.253 e. The van der Waals surface area contributed by atoms with Crippen LogP contribution in [0, 0.1) is 0 Å². The molecule has 3 rings (SSSR count). The minimum atomic E-state index is -0.230. The number of carbonyl (C=O) groups is 2. The third-order valence-electron chi connectivity index (χ3n) is 4.89. The van der Waals surface area contributed by atoms with Gasteiger partial charge in [0.1, 0.15) is 11.5 Å². The summed E-state index contributed by atoms with van der Waals surface area (Å²) >= 11 is 0. The lowest BCUT2D eigenvalue weighted by molar-refractivity contribution is -0.116. The molecule has 2 aromatic rings. The highest BCUT2D eigenvalue weighted by atomic mass is 16.5. The Morgan fingerprint density at radius 2 is 1.86 bits per heavy atom. The zero-order valence-corrected chi connectivity index (χ0v) is 16.8. The van der Waals surface area contributed by atoms with Crippen molar-refractivity contribution in [3.8, 4) is 11.5 Å². The zero-order valence-electron chi connectivity index (χ0n) is 16.8.